The van der Waals surface area contributed by atoms with E-state index < -0.39 is 0 Å². The fraction of sp³-hybridized carbons (Fsp3) is 0.120. The molecule has 4 heterocycles. The molecular formula is C25H20N4O2S. The number of aromatic nitrogens is 3. The maximum Gasteiger partial charge on any atom is 0.289 e. The maximum absolute atomic E-state index is 13.2. The van der Waals surface area contributed by atoms with Crippen LogP contribution in [0.3, 0.4) is 0 Å². The fourth-order valence-electron chi connectivity index (χ4n) is 3.70. The highest BCUT2D eigenvalue weighted by atomic mass is 32.1. The third-order valence-corrected chi connectivity index (χ3v) is 6.41. The van der Waals surface area contributed by atoms with Crippen molar-refractivity contribution in [2.45, 2.75) is 20.4 Å². The third kappa shape index (κ3) is 3.78. The normalized spacial score (nSPS) is 11.9. The lowest BCUT2D eigenvalue weighted by molar-refractivity contribution is 0.100. The van der Waals surface area contributed by atoms with Gasteiger partial charge in [0.05, 0.1) is 12.0 Å². The smallest absolute Gasteiger partial charge is 0.289 e. The number of rotatable bonds is 4. The van der Waals surface area contributed by atoms with Gasteiger partial charge < -0.3 is 8.98 Å². The van der Waals surface area contributed by atoms with Crippen LogP contribution < -0.4 is 5.49 Å². The average molecular weight is 441 g/mol. The van der Waals surface area contributed by atoms with Crippen molar-refractivity contribution < 1.29 is 9.21 Å². The van der Waals surface area contributed by atoms with E-state index >= 15 is 0 Å². The topological polar surface area (TPSA) is 73.3 Å². The number of pyridine rings is 1. The molecule has 0 atom stereocenters. The molecule has 0 fully saturated rings. The third-order valence-electron chi connectivity index (χ3n) is 5.24. The first-order chi connectivity index (χ1) is 15.6. The van der Waals surface area contributed by atoms with Crippen molar-refractivity contribution in [2.24, 2.45) is 4.99 Å². The minimum absolute atomic E-state index is 0.280. The number of carbonyl (C=O) groups is 1. The van der Waals surface area contributed by atoms with Gasteiger partial charge in [0.2, 0.25) is 0 Å². The number of aryl methyl sites for hydroxylation is 2. The molecule has 1 amide bonds. The molecule has 0 unspecified atom stereocenters. The zero-order valence-electron chi connectivity index (χ0n) is 17.6. The molecule has 32 heavy (non-hydrogen) atoms. The Labute approximate surface area is 188 Å². The number of thiophene rings is 1. The summed E-state index contributed by atoms with van der Waals surface area (Å²) >= 11 is 1.34. The second-order valence-corrected chi connectivity index (χ2v) is 8.43. The quantitative estimate of drug-likeness (QED) is 0.387. The molecule has 5 aromatic rings. The molecule has 5 rings (SSSR count). The number of furan rings is 1. The van der Waals surface area contributed by atoms with Gasteiger partial charge in [-0.1, -0.05) is 36.4 Å². The summed E-state index contributed by atoms with van der Waals surface area (Å²) in [6.45, 7) is 4.48. The van der Waals surface area contributed by atoms with Crippen LogP contribution in [0.15, 0.2) is 82.5 Å². The molecule has 0 saturated carbocycles. The molecule has 0 N–H and O–H groups in total. The Hall–Kier alpha value is -3.84. The fourth-order valence-corrected chi connectivity index (χ4v) is 4.81. The minimum Gasteiger partial charge on any atom is -0.461 e. The number of benzene rings is 1. The summed E-state index contributed by atoms with van der Waals surface area (Å²) < 4.78 is 7.41. The summed E-state index contributed by atoms with van der Waals surface area (Å²) in [5, 5.41) is 0.897. The van der Waals surface area contributed by atoms with E-state index in [1.54, 1.807) is 12.3 Å². The van der Waals surface area contributed by atoms with E-state index in [0.29, 0.717) is 28.5 Å². The first-order valence-corrected chi connectivity index (χ1v) is 11.0. The van der Waals surface area contributed by atoms with Crippen molar-refractivity contribution in [2.75, 3.05) is 0 Å². The summed E-state index contributed by atoms with van der Waals surface area (Å²) in [6, 6.07) is 19.4. The molecule has 158 valence electrons. The van der Waals surface area contributed by atoms with E-state index in [0.717, 1.165) is 27.0 Å². The highest BCUT2D eigenvalue weighted by Crippen LogP contribution is 2.33. The molecule has 6 nitrogen and oxygen atoms in total. The number of hydrogen-bond donors (Lipinski definition) is 0. The number of nitrogens with zero attached hydrogens (tertiary/aromatic N) is 4. The Morgan fingerprint density at radius 1 is 1.03 bits per heavy atom. The lowest BCUT2D eigenvalue weighted by Gasteiger charge is -2.07. The van der Waals surface area contributed by atoms with Gasteiger partial charge in [0.15, 0.2) is 11.6 Å². The Morgan fingerprint density at radius 2 is 1.84 bits per heavy atom. The number of carbonyl (C=O) groups excluding carboxylic acids is 1. The SMILES string of the molecule is Cc1nc(-c2ccco2)nc2sc(C(=O)N=c3ccccn3Cc3ccccc3)c(C)c12. The standard InChI is InChI=1S/C25H20N4O2S/c1-16-21-17(2)26-23(19-11-8-14-31-19)28-25(21)32-22(16)24(30)27-20-12-6-7-13-29(20)15-18-9-4-3-5-10-18/h3-14H,15H2,1-2H3. The Kier molecular flexibility index (Phi) is 5.25. The summed E-state index contributed by atoms with van der Waals surface area (Å²) in [6.07, 6.45) is 3.53. The summed E-state index contributed by atoms with van der Waals surface area (Å²) in [5.74, 6) is 0.836. The highest BCUT2D eigenvalue weighted by molar-refractivity contribution is 7.20. The number of amides is 1. The van der Waals surface area contributed by atoms with Gasteiger partial charge in [-0.05, 0) is 49.2 Å². The van der Waals surface area contributed by atoms with E-state index in [1.165, 1.54) is 11.3 Å². The van der Waals surface area contributed by atoms with E-state index in [4.69, 9.17) is 4.42 Å². The van der Waals surface area contributed by atoms with Gasteiger partial charge in [-0.25, -0.2) is 9.97 Å². The lowest BCUT2D eigenvalue weighted by atomic mass is 10.1. The molecule has 0 radical (unpaired) electrons. The van der Waals surface area contributed by atoms with Crippen LogP contribution in [-0.2, 0) is 6.54 Å². The van der Waals surface area contributed by atoms with Crippen LogP contribution in [0.4, 0.5) is 0 Å². The minimum atomic E-state index is -0.280. The van der Waals surface area contributed by atoms with Gasteiger partial charge in [-0.3, -0.25) is 4.79 Å². The molecule has 0 saturated heterocycles. The van der Waals surface area contributed by atoms with Crippen molar-refractivity contribution in [1.82, 2.24) is 14.5 Å². The number of hydrogen-bond acceptors (Lipinski definition) is 5. The molecule has 0 spiro atoms. The molecule has 4 aromatic heterocycles. The summed E-state index contributed by atoms with van der Waals surface area (Å²) in [7, 11) is 0. The largest absolute Gasteiger partial charge is 0.461 e. The molecular weight excluding hydrogens is 420 g/mol. The second kappa shape index (κ2) is 8.36. The van der Waals surface area contributed by atoms with Crippen LogP contribution in [0.5, 0.6) is 0 Å². The van der Waals surface area contributed by atoms with Gasteiger partial charge >= 0.3 is 0 Å². The average Bonchev–Trinajstić information content (AvgIpc) is 3.44. The van der Waals surface area contributed by atoms with Crippen molar-refractivity contribution in [3.63, 3.8) is 0 Å². The van der Waals surface area contributed by atoms with Crippen molar-refractivity contribution in [3.8, 4) is 11.6 Å². The van der Waals surface area contributed by atoms with Crippen LogP contribution in [0, 0.1) is 13.8 Å². The van der Waals surface area contributed by atoms with Crippen molar-refractivity contribution >= 4 is 27.5 Å². The molecule has 0 aliphatic rings. The lowest BCUT2D eigenvalue weighted by Crippen LogP contribution is -2.22. The van der Waals surface area contributed by atoms with Crippen molar-refractivity contribution in [3.05, 3.63) is 100 Å². The van der Waals surface area contributed by atoms with Gasteiger partial charge in [0.25, 0.3) is 5.91 Å². The predicted molar refractivity (Wildman–Crippen MR) is 124 cm³/mol. The molecule has 0 aliphatic carbocycles. The van der Waals surface area contributed by atoms with Crippen LogP contribution in [0.2, 0.25) is 0 Å². The van der Waals surface area contributed by atoms with Gasteiger partial charge in [0.1, 0.15) is 15.2 Å². The molecule has 1 aromatic carbocycles. The van der Waals surface area contributed by atoms with Gasteiger partial charge in [-0.2, -0.15) is 4.99 Å². The van der Waals surface area contributed by atoms with Gasteiger partial charge in [0, 0.05) is 18.1 Å². The molecule has 0 bridgehead atoms. The highest BCUT2D eigenvalue weighted by Gasteiger charge is 2.20. The van der Waals surface area contributed by atoms with E-state index in [-0.39, 0.29) is 5.91 Å². The first-order valence-electron chi connectivity index (χ1n) is 10.2. The van der Waals surface area contributed by atoms with E-state index in [2.05, 4.69) is 27.1 Å². The Morgan fingerprint density at radius 3 is 2.62 bits per heavy atom. The van der Waals surface area contributed by atoms with E-state index in [1.807, 2.05) is 67.1 Å². The predicted octanol–water partition coefficient (Wildman–Crippen LogP) is 5.16. The van der Waals surface area contributed by atoms with E-state index in [9.17, 15) is 4.79 Å². The van der Waals surface area contributed by atoms with Crippen molar-refractivity contribution in [1.29, 1.82) is 0 Å². The summed E-state index contributed by atoms with van der Waals surface area (Å²) in [4.78, 5) is 28.2. The Bertz CT molecular complexity index is 1480. The first kappa shape index (κ1) is 20.1. The zero-order chi connectivity index (χ0) is 22.1. The number of fused-ring (bicyclic) bond motifs is 1. The summed E-state index contributed by atoms with van der Waals surface area (Å²) in [5.41, 5.74) is 3.42. The zero-order valence-corrected chi connectivity index (χ0v) is 18.5. The second-order valence-electron chi connectivity index (χ2n) is 7.44. The van der Waals surface area contributed by atoms with Crippen LogP contribution in [-0.4, -0.2) is 20.4 Å². The van der Waals surface area contributed by atoms with Gasteiger partial charge in [-0.15, -0.1) is 11.3 Å². The molecule has 7 heteroatoms. The van der Waals surface area contributed by atoms with Crippen LogP contribution in [0.1, 0.15) is 26.5 Å². The van der Waals surface area contributed by atoms with Crippen LogP contribution in [0.25, 0.3) is 21.8 Å². The van der Waals surface area contributed by atoms with Crippen LogP contribution >= 0.6 is 11.3 Å². The Balaban J connectivity index is 1.55. The maximum atomic E-state index is 13.2. The monoisotopic (exact) mass is 440 g/mol. The molecule has 0 aliphatic heterocycles.